The fourth-order valence-corrected chi connectivity index (χ4v) is 21.3. The number of para-hydroxylation sites is 1. The Bertz CT molecular complexity index is 7240. The third kappa shape index (κ3) is 12.9. The molecule has 2 aliphatic rings. The molecule has 20 aromatic carbocycles. The highest BCUT2D eigenvalue weighted by Crippen LogP contribution is 2.60. The van der Waals surface area contributed by atoms with Crippen molar-refractivity contribution in [3.8, 4) is 89.0 Å². The Hall–Kier alpha value is -16.0. The molecule has 3 nitrogen and oxygen atoms in total. The molecule has 22 aromatic rings. The summed E-state index contributed by atoms with van der Waals surface area (Å²) in [7, 11) is 0. The molecule has 0 amide bonds. The molecule has 24 rings (SSSR count). The van der Waals surface area contributed by atoms with Gasteiger partial charge in [-0.05, 0) is 219 Å². The highest BCUT2D eigenvalue weighted by molar-refractivity contribution is 7.25. The van der Waals surface area contributed by atoms with Gasteiger partial charge < -0.3 is 14.2 Å². The maximum absolute atomic E-state index is 6.20. The van der Waals surface area contributed by atoms with Gasteiger partial charge in [-0.1, -0.05) is 400 Å². The molecule has 126 heavy (non-hydrogen) atoms. The SMILES string of the molecule is c1ccc(-c2ccc(-c3ccccc3)c(N(c3ccc(-c4ccc5oc6ccccc6c5c4)cc3)c3ccc4c(c3)C(c3ccccc3)(c3ccccc3)c3ccccc3-4)c2)cc1.c1ccc(-c2ccc(-c3ccccc3)c(N(c3ccc(-c4ccc5sc6ccccc6c5c4)cc3)c3ccc4c(c3)C(c3ccccc3)(c3ccccc3)c3ccccc3-4)c2)cc1. The van der Waals surface area contributed by atoms with Crippen LogP contribution in [-0.2, 0) is 10.8 Å². The molecule has 4 heteroatoms. The topological polar surface area (TPSA) is 19.6 Å². The van der Waals surface area contributed by atoms with Crippen molar-refractivity contribution in [3.05, 3.63) is 542 Å². The molecule has 0 saturated heterocycles. The van der Waals surface area contributed by atoms with Crippen molar-refractivity contribution in [3.63, 3.8) is 0 Å². The molecular formula is C122H82N2OS. The van der Waals surface area contributed by atoms with Crippen LogP contribution in [0.5, 0.6) is 0 Å². The van der Waals surface area contributed by atoms with Gasteiger partial charge >= 0.3 is 0 Å². The molecule has 0 N–H and O–H groups in total. The molecule has 2 aromatic heterocycles. The zero-order chi connectivity index (χ0) is 83.5. The largest absolute Gasteiger partial charge is 0.456 e. The quantitative estimate of drug-likeness (QED) is 0.0961. The highest BCUT2D eigenvalue weighted by Gasteiger charge is 2.48. The van der Waals surface area contributed by atoms with E-state index >= 15 is 0 Å². The first-order valence-electron chi connectivity index (χ1n) is 43.3. The van der Waals surface area contributed by atoms with Crippen LogP contribution in [0.1, 0.15) is 44.5 Å². The summed E-state index contributed by atoms with van der Waals surface area (Å²) in [5, 5.41) is 4.88. The number of hydrogen-bond donors (Lipinski definition) is 0. The van der Waals surface area contributed by atoms with Crippen molar-refractivity contribution >= 4 is 87.6 Å². The van der Waals surface area contributed by atoms with Gasteiger partial charge in [0.25, 0.3) is 0 Å². The third-order valence-electron chi connectivity index (χ3n) is 25.9. The molecule has 0 radical (unpaired) electrons. The second kappa shape index (κ2) is 31.8. The zero-order valence-electron chi connectivity index (χ0n) is 69.1. The van der Waals surface area contributed by atoms with E-state index in [2.05, 4.69) is 495 Å². The van der Waals surface area contributed by atoms with Crippen LogP contribution in [0.3, 0.4) is 0 Å². The predicted molar refractivity (Wildman–Crippen MR) is 530 cm³/mol. The van der Waals surface area contributed by atoms with E-state index in [1.165, 1.54) is 120 Å². The third-order valence-corrected chi connectivity index (χ3v) is 27.1. The minimum absolute atomic E-state index is 0.529. The molecule has 0 bridgehead atoms. The van der Waals surface area contributed by atoms with Crippen molar-refractivity contribution in [2.75, 3.05) is 9.80 Å². The standard InChI is InChI=1S/C61H41NO.C61H41NS/c2*1-5-17-42(18-6-1)46-31-36-51(44-19-7-2-8-20-44)58(40-46)62(49-33-29-43(30-34-49)45-32-38-60-55(39-45)54-26-14-16-28-59(54)63-60)50-35-37-53-52-25-13-15-27-56(52)61(57(53)41-50,47-21-9-3-10-22-47)48-23-11-4-12-24-48/h2*1-41H. The second-order valence-corrected chi connectivity index (χ2v) is 33.9. The van der Waals surface area contributed by atoms with Gasteiger partial charge in [-0.2, -0.15) is 0 Å². The Morgan fingerprint density at radius 2 is 0.476 bits per heavy atom. The molecule has 0 spiro atoms. The fourth-order valence-electron chi connectivity index (χ4n) is 20.2. The number of hydrogen-bond acceptors (Lipinski definition) is 4. The number of anilines is 6. The molecule has 0 unspecified atom stereocenters. The molecule has 0 fully saturated rings. The Kier molecular flexibility index (Phi) is 18.9. The van der Waals surface area contributed by atoms with Gasteiger partial charge in [0.1, 0.15) is 11.2 Å². The lowest BCUT2D eigenvalue weighted by molar-refractivity contribution is 0.669. The average molecular weight is 1620 g/mol. The van der Waals surface area contributed by atoms with Crippen LogP contribution in [0.15, 0.2) is 502 Å². The fraction of sp³-hybridized carbons (Fsp3) is 0.0164. The summed E-state index contributed by atoms with van der Waals surface area (Å²) in [6.07, 6.45) is 0. The summed E-state index contributed by atoms with van der Waals surface area (Å²) in [5.41, 5.74) is 36.5. The first-order chi connectivity index (χ1) is 62.5. The van der Waals surface area contributed by atoms with E-state index in [1.807, 2.05) is 23.5 Å². The normalized spacial score (nSPS) is 12.6. The molecular weight excluding hydrogens is 1540 g/mol. The van der Waals surface area contributed by atoms with Crippen LogP contribution in [0.25, 0.3) is 131 Å². The van der Waals surface area contributed by atoms with E-state index in [1.54, 1.807) is 0 Å². The van der Waals surface area contributed by atoms with E-state index in [-0.39, 0.29) is 0 Å². The first kappa shape index (κ1) is 75.0. The summed E-state index contributed by atoms with van der Waals surface area (Å²) in [6.45, 7) is 0. The smallest absolute Gasteiger partial charge is 0.135 e. The summed E-state index contributed by atoms with van der Waals surface area (Å²) >= 11 is 1.86. The van der Waals surface area contributed by atoms with Crippen LogP contribution >= 0.6 is 11.3 Å². The molecule has 0 atom stereocenters. The maximum Gasteiger partial charge on any atom is 0.135 e. The lowest BCUT2D eigenvalue weighted by atomic mass is 9.67. The Balaban J connectivity index is 0.000000145. The Morgan fingerprint density at radius 1 is 0.175 bits per heavy atom. The zero-order valence-corrected chi connectivity index (χ0v) is 69.9. The number of fused-ring (bicyclic) bond motifs is 12. The van der Waals surface area contributed by atoms with Gasteiger partial charge in [0.15, 0.2) is 0 Å². The number of benzene rings is 20. The van der Waals surface area contributed by atoms with Crippen molar-refractivity contribution in [2.24, 2.45) is 0 Å². The van der Waals surface area contributed by atoms with Gasteiger partial charge in [-0.15, -0.1) is 11.3 Å². The lowest BCUT2D eigenvalue weighted by Gasteiger charge is -2.35. The number of thiophene rings is 1. The lowest BCUT2D eigenvalue weighted by Crippen LogP contribution is -2.28. The van der Waals surface area contributed by atoms with E-state index in [4.69, 9.17) is 4.42 Å². The first-order valence-corrected chi connectivity index (χ1v) is 44.1. The molecule has 0 saturated carbocycles. The van der Waals surface area contributed by atoms with Crippen molar-refractivity contribution in [1.29, 1.82) is 0 Å². The van der Waals surface area contributed by atoms with Crippen LogP contribution < -0.4 is 9.80 Å². The van der Waals surface area contributed by atoms with Crippen LogP contribution in [0.4, 0.5) is 34.1 Å². The van der Waals surface area contributed by atoms with Gasteiger partial charge in [-0.3, -0.25) is 0 Å². The Morgan fingerprint density at radius 3 is 0.929 bits per heavy atom. The minimum Gasteiger partial charge on any atom is -0.456 e. The summed E-state index contributed by atoms with van der Waals surface area (Å²) in [4.78, 5) is 4.95. The molecule has 2 aliphatic carbocycles. The minimum atomic E-state index is -0.538. The van der Waals surface area contributed by atoms with Crippen LogP contribution in [0.2, 0.25) is 0 Å². The van der Waals surface area contributed by atoms with E-state index in [0.29, 0.717) is 0 Å². The van der Waals surface area contributed by atoms with E-state index in [0.717, 1.165) is 89.4 Å². The monoisotopic (exact) mass is 1620 g/mol. The predicted octanol–water partition coefficient (Wildman–Crippen LogP) is 33.3. The van der Waals surface area contributed by atoms with Gasteiger partial charge in [0.2, 0.25) is 0 Å². The molecule has 0 aliphatic heterocycles. The maximum atomic E-state index is 6.20. The average Bonchev–Trinajstić information content (AvgIpc) is 1.53. The van der Waals surface area contributed by atoms with Crippen LogP contribution in [0, 0.1) is 0 Å². The van der Waals surface area contributed by atoms with Gasteiger partial charge in [0, 0.05) is 64.8 Å². The summed E-state index contributed by atoms with van der Waals surface area (Å²) in [5.74, 6) is 0. The second-order valence-electron chi connectivity index (χ2n) is 32.8. The molecule has 2 heterocycles. The molecule has 592 valence electrons. The summed E-state index contributed by atoms with van der Waals surface area (Å²) in [6, 6.07) is 182. The number of furan rings is 1. The van der Waals surface area contributed by atoms with E-state index < -0.39 is 10.8 Å². The highest BCUT2D eigenvalue weighted by atomic mass is 32.1. The van der Waals surface area contributed by atoms with Crippen molar-refractivity contribution in [2.45, 2.75) is 10.8 Å². The van der Waals surface area contributed by atoms with Crippen molar-refractivity contribution in [1.82, 2.24) is 0 Å². The van der Waals surface area contributed by atoms with Gasteiger partial charge in [0.05, 0.1) is 22.2 Å². The number of rotatable bonds is 16. The van der Waals surface area contributed by atoms with Gasteiger partial charge in [-0.25, -0.2) is 0 Å². The van der Waals surface area contributed by atoms with Crippen molar-refractivity contribution < 1.29 is 4.42 Å². The van der Waals surface area contributed by atoms with Crippen LogP contribution in [-0.4, -0.2) is 0 Å². The Labute approximate surface area is 738 Å². The van der Waals surface area contributed by atoms with E-state index in [9.17, 15) is 0 Å². The summed E-state index contributed by atoms with van der Waals surface area (Å²) < 4.78 is 8.84. The number of nitrogens with zero attached hydrogens (tertiary/aromatic N) is 2.